The standard InChI is InChI=1S/C23H38N4O3S/c1-6-26(16(2)3)22-21(14-11-18(5)24-22)31(29,30)27-15-7-8-20(27)23(28)25-19-12-9-17(4)10-13-19/h11,14,16-17,19-20H,6-10,12-13,15H2,1-5H3,(H,25,28)/t17?,19?,20-/m0/s1. The van der Waals surface area contributed by atoms with E-state index in [2.05, 4.69) is 17.2 Å². The van der Waals surface area contributed by atoms with Gasteiger partial charge in [-0.2, -0.15) is 4.31 Å². The summed E-state index contributed by atoms with van der Waals surface area (Å²) in [5, 5.41) is 3.14. The van der Waals surface area contributed by atoms with Crippen LogP contribution >= 0.6 is 0 Å². The van der Waals surface area contributed by atoms with Gasteiger partial charge in [-0.3, -0.25) is 4.79 Å². The SMILES string of the molecule is CCN(c1nc(C)ccc1S(=O)(=O)N1CCC[C@H]1C(=O)NC1CCC(C)CC1)C(C)C. The van der Waals surface area contributed by atoms with Crippen LogP contribution in [0.2, 0.25) is 0 Å². The van der Waals surface area contributed by atoms with Crippen LogP contribution in [-0.4, -0.2) is 54.8 Å². The quantitative estimate of drug-likeness (QED) is 0.688. The number of carbonyl (C=O) groups is 1. The van der Waals surface area contributed by atoms with Crippen LogP contribution < -0.4 is 10.2 Å². The summed E-state index contributed by atoms with van der Waals surface area (Å²) >= 11 is 0. The Morgan fingerprint density at radius 3 is 2.52 bits per heavy atom. The second-order valence-corrected chi connectivity index (χ2v) is 11.3. The summed E-state index contributed by atoms with van der Waals surface area (Å²) in [4.78, 5) is 19.9. The predicted molar refractivity (Wildman–Crippen MR) is 124 cm³/mol. The van der Waals surface area contributed by atoms with Gasteiger partial charge in [0.2, 0.25) is 15.9 Å². The number of carbonyl (C=O) groups excluding carboxylic acids is 1. The van der Waals surface area contributed by atoms with E-state index in [1.165, 1.54) is 4.31 Å². The molecule has 0 aromatic carbocycles. The lowest BCUT2D eigenvalue weighted by Crippen LogP contribution is -2.49. The van der Waals surface area contributed by atoms with Gasteiger partial charge < -0.3 is 10.2 Å². The lowest BCUT2D eigenvalue weighted by molar-refractivity contribution is -0.125. The number of anilines is 1. The molecule has 0 radical (unpaired) electrons. The zero-order valence-corrected chi connectivity index (χ0v) is 20.4. The van der Waals surface area contributed by atoms with Crippen LogP contribution in [0.1, 0.15) is 71.9 Å². The molecule has 0 spiro atoms. The molecule has 1 saturated carbocycles. The zero-order valence-electron chi connectivity index (χ0n) is 19.6. The summed E-state index contributed by atoms with van der Waals surface area (Å²) in [6.07, 6.45) is 5.41. The van der Waals surface area contributed by atoms with E-state index in [1.807, 2.05) is 32.6 Å². The molecule has 2 heterocycles. The van der Waals surface area contributed by atoms with Crippen LogP contribution in [0.3, 0.4) is 0 Å². The van der Waals surface area contributed by atoms with E-state index < -0.39 is 16.1 Å². The Balaban J connectivity index is 1.86. The number of aryl methyl sites for hydroxylation is 1. The van der Waals surface area contributed by atoms with Gasteiger partial charge in [0, 0.05) is 30.9 Å². The van der Waals surface area contributed by atoms with Crippen LogP contribution in [-0.2, 0) is 14.8 Å². The van der Waals surface area contributed by atoms with E-state index in [0.29, 0.717) is 37.7 Å². The lowest BCUT2D eigenvalue weighted by Gasteiger charge is -2.32. The molecule has 0 unspecified atom stereocenters. The molecule has 1 aliphatic carbocycles. The highest BCUT2D eigenvalue weighted by atomic mass is 32.2. The number of pyridine rings is 1. The van der Waals surface area contributed by atoms with Crippen LogP contribution in [0.15, 0.2) is 17.0 Å². The molecule has 0 bridgehead atoms. The van der Waals surface area contributed by atoms with Crippen LogP contribution in [0.4, 0.5) is 5.82 Å². The third-order valence-electron chi connectivity index (χ3n) is 6.67. The first kappa shape index (κ1) is 24.0. The van der Waals surface area contributed by atoms with Gasteiger partial charge in [0.1, 0.15) is 16.8 Å². The van der Waals surface area contributed by atoms with Gasteiger partial charge >= 0.3 is 0 Å². The zero-order chi connectivity index (χ0) is 22.8. The minimum atomic E-state index is -3.85. The summed E-state index contributed by atoms with van der Waals surface area (Å²) in [6, 6.07) is 3.00. The average molecular weight is 451 g/mol. The van der Waals surface area contributed by atoms with Crippen LogP contribution in [0, 0.1) is 12.8 Å². The van der Waals surface area contributed by atoms with Crippen molar-refractivity contribution in [3.63, 3.8) is 0 Å². The molecule has 1 aliphatic heterocycles. The molecule has 1 atom stereocenters. The summed E-state index contributed by atoms with van der Waals surface area (Å²) in [6.45, 7) is 11.2. The Morgan fingerprint density at radius 2 is 1.90 bits per heavy atom. The van der Waals surface area contributed by atoms with Gasteiger partial charge in [0.25, 0.3) is 0 Å². The van der Waals surface area contributed by atoms with Crippen molar-refractivity contribution in [2.24, 2.45) is 5.92 Å². The molecule has 1 saturated heterocycles. The third-order valence-corrected chi connectivity index (χ3v) is 8.60. The summed E-state index contributed by atoms with van der Waals surface area (Å²) in [7, 11) is -3.85. The van der Waals surface area contributed by atoms with Crippen LogP contribution in [0.5, 0.6) is 0 Å². The summed E-state index contributed by atoms with van der Waals surface area (Å²) in [5.74, 6) is 1.02. The van der Waals surface area contributed by atoms with E-state index in [1.54, 1.807) is 12.1 Å². The van der Waals surface area contributed by atoms with Gasteiger partial charge in [0.05, 0.1) is 0 Å². The van der Waals surface area contributed by atoms with Gasteiger partial charge in [-0.1, -0.05) is 6.92 Å². The Kier molecular flexibility index (Phi) is 7.63. The number of hydrogen-bond donors (Lipinski definition) is 1. The van der Waals surface area contributed by atoms with Gasteiger partial charge in [0.15, 0.2) is 0 Å². The average Bonchev–Trinajstić information content (AvgIpc) is 3.21. The molecule has 3 rings (SSSR count). The molecule has 2 aliphatic rings. The molecule has 7 nitrogen and oxygen atoms in total. The number of rotatable bonds is 7. The number of hydrogen-bond acceptors (Lipinski definition) is 5. The molecular formula is C23H38N4O3S. The first-order valence-corrected chi connectivity index (χ1v) is 13.2. The molecular weight excluding hydrogens is 412 g/mol. The fraction of sp³-hybridized carbons (Fsp3) is 0.739. The highest BCUT2D eigenvalue weighted by Gasteiger charge is 2.41. The summed E-state index contributed by atoms with van der Waals surface area (Å²) in [5.41, 5.74) is 0.773. The maximum absolute atomic E-state index is 13.7. The van der Waals surface area contributed by atoms with Crippen molar-refractivity contribution >= 4 is 21.7 Å². The molecule has 1 N–H and O–H groups in total. The first-order valence-electron chi connectivity index (χ1n) is 11.7. The Morgan fingerprint density at radius 1 is 1.23 bits per heavy atom. The Labute approximate surface area is 187 Å². The largest absolute Gasteiger partial charge is 0.353 e. The fourth-order valence-electron chi connectivity index (χ4n) is 4.81. The second kappa shape index (κ2) is 9.86. The minimum Gasteiger partial charge on any atom is -0.353 e. The van der Waals surface area contributed by atoms with Gasteiger partial charge in [-0.05, 0) is 84.3 Å². The number of nitrogens with zero attached hydrogens (tertiary/aromatic N) is 3. The summed E-state index contributed by atoms with van der Waals surface area (Å²) < 4.78 is 28.9. The van der Waals surface area contributed by atoms with Crippen molar-refractivity contribution in [2.75, 3.05) is 18.0 Å². The second-order valence-electron chi connectivity index (χ2n) is 9.39. The predicted octanol–water partition coefficient (Wildman–Crippen LogP) is 3.47. The molecule has 8 heteroatoms. The molecule has 2 fully saturated rings. The lowest BCUT2D eigenvalue weighted by atomic mass is 9.87. The van der Waals surface area contributed by atoms with Gasteiger partial charge in [-0.25, -0.2) is 13.4 Å². The van der Waals surface area contributed by atoms with Crippen molar-refractivity contribution < 1.29 is 13.2 Å². The smallest absolute Gasteiger partial charge is 0.247 e. The van der Waals surface area contributed by atoms with Crippen molar-refractivity contribution in [3.8, 4) is 0 Å². The number of aromatic nitrogens is 1. The normalized spacial score (nSPS) is 25.0. The molecule has 1 amide bonds. The third kappa shape index (κ3) is 5.22. The van der Waals surface area contributed by atoms with E-state index >= 15 is 0 Å². The van der Waals surface area contributed by atoms with Crippen molar-refractivity contribution in [3.05, 3.63) is 17.8 Å². The number of sulfonamides is 1. The maximum Gasteiger partial charge on any atom is 0.247 e. The Hall–Kier alpha value is -1.67. The highest BCUT2D eigenvalue weighted by Crippen LogP contribution is 2.32. The number of nitrogens with one attached hydrogen (secondary N) is 1. The maximum atomic E-state index is 13.7. The van der Waals surface area contributed by atoms with Crippen molar-refractivity contribution in [1.82, 2.24) is 14.6 Å². The topological polar surface area (TPSA) is 82.6 Å². The minimum absolute atomic E-state index is 0.111. The monoisotopic (exact) mass is 450 g/mol. The van der Waals surface area contributed by atoms with E-state index in [4.69, 9.17) is 0 Å². The molecule has 1 aromatic heterocycles. The highest BCUT2D eigenvalue weighted by molar-refractivity contribution is 7.89. The van der Waals surface area contributed by atoms with E-state index in [0.717, 1.165) is 31.4 Å². The molecule has 1 aromatic rings. The molecule has 174 valence electrons. The molecule has 31 heavy (non-hydrogen) atoms. The van der Waals surface area contributed by atoms with Gasteiger partial charge in [-0.15, -0.1) is 0 Å². The first-order chi connectivity index (χ1) is 14.6. The van der Waals surface area contributed by atoms with Crippen molar-refractivity contribution in [1.29, 1.82) is 0 Å². The van der Waals surface area contributed by atoms with Crippen molar-refractivity contribution in [2.45, 2.75) is 96.2 Å². The Bertz CT molecular complexity index is 879. The van der Waals surface area contributed by atoms with E-state index in [9.17, 15) is 13.2 Å². The van der Waals surface area contributed by atoms with Crippen LogP contribution in [0.25, 0.3) is 0 Å². The number of amides is 1. The van der Waals surface area contributed by atoms with E-state index in [-0.39, 0.29) is 22.9 Å². The fourth-order valence-corrected chi connectivity index (χ4v) is 6.61.